The fourth-order valence-corrected chi connectivity index (χ4v) is 1.79. The Bertz CT molecular complexity index is 492. The average Bonchev–Trinajstić information content (AvgIpc) is 2.61. The predicted molar refractivity (Wildman–Crippen MR) is 61.1 cm³/mol. The van der Waals surface area contributed by atoms with Gasteiger partial charge in [0.15, 0.2) is 0 Å². The minimum atomic E-state index is -0.456. The number of rotatable bonds is 3. The van der Waals surface area contributed by atoms with Crippen LogP contribution in [0.15, 0.2) is 24.4 Å². The molecule has 0 aliphatic heterocycles. The molecule has 0 fully saturated rings. The highest BCUT2D eigenvalue weighted by molar-refractivity contribution is 6.31. The van der Waals surface area contributed by atoms with Gasteiger partial charge in [0.05, 0.1) is 6.04 Å². The number of aldehydes is 1. The van der Waals surface area contributed by atoms with Gasteiger partial charge in [-0.05, 0) is 30.2 Å². The number of benzene rings is 1. The van der Waals surface area contributed by atoms with Crippen molar-refractivity contribution in [2.45, 2.75) is 12.5 Å². The van der Waals surface area contributed by atoms with Crippen LogP contribution >= 0.6 is 11.6 Å². The lowest BCUT2D eigenvalue weighted by Crippen LogP contribution is -2.23. The maximum absolute atomic E-state index is 10.5. The number of H-pyrrole nitrogens is 1. The normalized spacial score (nSPS) is 12.9. The van der Waals surface area contributed by atoms with Crippen LogP contribution in [0.5, 0.6) is 0 Å². The SMILES string of the molecule is NC(C=O)Cc1c[nH]c2ccc(Cl)cc12. The van der Waals surface area contributed by atoms with Gasteiger partial charge in [-0.2, -0.15) is 0 Å². The third-order valence-electron chi connectivity index (χ3n) is 2.36. The van der Waals surface area contributed by atoms with Crippen molar-refractivity contribution in [3.05, 3.63) is 35.0 Å². The topological polar surface area (TPSA) is 58.9 Å². The highest BCUT2D eigenvalue weighted by atomic mass is 35.5. The van der Waals surface area contributed by atoms with Gasteiger partial charge in [-0.1, -0.05) is 11.6 Å². The number of carbonyl (C=O) groups is 1. The molecule has 2 aromatic rings. The Hall–Kier alpha value is -1.32. The van der Waals surface area contributed by atoms with Gasteiger partial charge in [-0.3, -0.25) is 0 Å². The number of halogens is 1. The minimum Gasteiger partial charge on any atom is -0.361 e. The van der Waals surface area contributed by atoms with Crippen molar-refractivity contribution < 1.29 is 4.79 Å². The lowest BCUT2D eigenvalue weighted by Gasteiger charge is -2.02. The molecule has 1 aromatic heterocycles. The van der Waals surface area contributed by atoms with E-state index in [2.05, 4.69) is 4.98 Å². The van der Waals surface area contributed by atoms with Crippen LogP contribution in [0.1, 0.15) is 5.56 Å². The van der Waals surface area contributed by atoms with E-state index in [1.54, 1.807) is 0 Å². The summed E-state index contributed by atoms with van der Waals surface area (Å²) in [5.41, 5.74) is 7.61. The van der Waals surface area contributed by atoms with Crippen molar-refractivity contribution >= 4 is 28.8 Å². The van der Waals surface area contributed by atoms with Gasteiger partial charge < -0.3 is 15.5 Å². The number of aromatic amines is 1. The molecular formula is C11H11ClN2O. The van der Waals surface area contributed by atoms with E-state index in [0.717, 1.165) is 22.8 Å². The molecule has 0 saturated heterocycles. The first kappa shape index (κ1) is 10.2. The van der Waals surface area contributed by atoms with Crippen molar-refractivity contribution in [1.82, 2.24) is 4.98 Å². The summed E-state index contributed by atoms with van der Waals surface area (Å²) in [5, 5.41) is 1.71. The average molecular weight is 223 g/mol. The highest BCUT2D eigenvalue weighted by Gasteiger charge is 2.08. The van der Waals surface area contributed by atoms with E-state index < -0.39 is 6.04 Å². The zero-order valence-electron chi connectivity index (χ0n) is 8.03. The van der Waals surface area contributed by atoms with Crippen molar-refractivity contribution in [1.29, 1.82) is 0 Å². The van der Waals surface area contributed by atoms with Gasteiger partial charge in [0.2, 0.25) is 0 Å². The number of carbonyl (C=O) groups excluding carboxylic acids is 1. The van der Waals surface area contributed by atoms with Gasteiger partial charge in [-0.25, -0.2) is 0 Å². The quantitative estimate of drug-likeness (QED) is 0.780. The smallest absolute Gasteiger partial charge is 0.137 e. The first-order valence-corrected chi connectivity index (χ1v) is 5.05. The lowest BCUT2D eigenvalue weighted by atomic mass is 10.1. The summed E-state index contributed by atoms with van der Waals surface area (Å²) in [5.74, 6) is 0. The second-order valence-electron chi connectivity index (χ2n) is 3.51. The van der Waals surface area contributed by atoms with Crippen LogP contribution in [-0.2, 0) is 11.2 Å². The van der Waals surface area contributed by atoms with E-state index in [-0.39, 0.29) is 0 Å². The fraction of sp³-hybridized carbons (Fsp3) is 0.182. The zero-order valence-corrected chi connectivity index (χ0v) is 8.79. The Labute approximate surface area is 92.2 Å². The second-order valence-corrected chi connectivity index (χ2v) is 3.94. The molecule has 2 rings (SSSR count). The van der Waals surface area contributed by atoms with Crippen molar-refractivity contribution in [2.75, 3.05) is 0 Å². The number of fused-ring (bicyclic) bond motifs is 1. The minimum absolute atomic E-state index is 0.456. The molecule has 4 heteroatoms. The highest BCUT2D eigenvalue weighted by Crippen LogP contribution is 2.22. The molecule has 15 heavy (non-hydrogen) atoms. The molecule has 1 atom stereocenters. The van der Waals surface area contributed by atoms with Crippen LogP contribution in [0.2, 0.25) is 5.02 Å². The van der Waals surface area contributed by atoms with E-state index >= 15 is 0 Å². The number of nitrogens with two attached hydrogens (primary N) is 1. The molecule has 0 aliphatic carbocycles. The van der Waals surface area contributed by atoms with E-state index in [1.165, 1.54) is 0 Å². The van der Waals surface area contributed by atoms with Gasteiger partial charge in [0.25, 0.3) is 0 Å². The molecule has 0 radical (unpaired) electrons. The predicted octanol–water partition coefficient (Wildman–Crippen LogP) is 1.89. The Morgan fingerprint density at radius 3 is 3.07 bits per heavy atom. The molecule has 1 aromatic carbocycles. The largest absolute Gasteiger partial charge is 0.361 e. The maximum atomic E-state index is 10.5. The van der Waals surface area contributed by atoms with Crippen molar-refractivity contribution in [3.8, 4) is 0 Å². The van der Waals surface area contributed by atoms with E-state index in [4.69, 9.17) is 17.3 Å². The molecule has 3 N–H and O–H groups in total. The first-order chi connectivity index (χ1) is 7.20. The second kappa shape index (κ2) is 4.04. The lowest BCUT2D eigenvalue weighted by molar-refractivity contribution is -0.108. The Morgan fingerprint density at radius 1 is 1.53 bits per heavy atom. The van der Waals surface area contributed by atoms with E-state index in [9.17, 15) is 4.79 Å². The Balaban J connectivity index is 2.43. The number of nitrogens with one attached hydrogen (secondary N) is 1. The van der Waals surface area contributed by atoms with Gasteiger partial charge >= 0.3 is 0 Å². The molecule has 3 nitrogen and oxygen atoms in total. The van der Waals surface area contributed by atoms with Crippen LogP contribution in [0.3, 0.4) is 0 Å². The van der Waals surface area contributed by atoms with Crippen LogP contribution in [0, 0.1) is 0 Å². The van der Waals surface area contributed by atoms with E-state index in [1.807, 2.05) is 24.4 Å². The standard InChI is InChI=1S/C11H11ClN2O/c12-8-1-2-11-10(4-8)7(5-14-11)3-9(13)6-15/h1-2,4-6,9,14H,3,13H2. The molecule has 1 unspecified atom stereocenters. The van der Waals surface area contributed by atoms with Crippen LogP contribution in [-0.4, -0.2) is 17.3 Å². The number of aromatic nitrogens is 1. The van der Waals surface area contributed by atoms with Crippen molar-refractivity contribution in [3.63, 3.8) is 0 Å². The molecule has 1 heterocycles. The summed E-state index contributed by atoms with van der Waals surface area (Å²) < 4.78 is 0. The Morgan fingerprint density at radius 2 is 2.33 bits per heavy atom. The number of hydrogen-bond donors (Lipinski definition) is 2. The number of hydrogen-bond acceptors (Lipinski definition) is 2. The molecule has 78 valence electrons. The van der Waals surface area contributed by atoms with Crippen LogP contribution in [0.4, 0.5) is 0 Å². The third-order valence-corrected chi connectivity index (χ3v) is 2.59. The molecule has 0 aliphatic rings. The van der Waals surface area contributed by atoms with E-state index in [0.29, 0.717) is 11.4 Å². The summed E-state index contributed by atoms with van der Waals surface area (Å²) >= 11 is 5.90. The molecule has 0 bridgehead atoms. The van der Waals surface area contributed by atoms with Crippen LogP contribution in [0.25, 0.3) is 10.9 Å². The first-order valence-electron chi connectivity index (χ1n) is 4.67. The summed E-state index contributed by atoms with van der Waals surface area (Å²) in [4.78, 5) is 13.6. The summed E-state index contributed by atoms with van der Waals surface area (Å²) in [7, 11) is 0. The molecular weight excluding hydrogens is 212 g/mol. The zero-order chi connectivity index (χ0) is 10.8. The monoisotopic (exact) mass is 222 g/mol. The fourth-order valence-electron chi connectivity index (χ4n) is 1.62. The molecule has 0 amide bonds. The third kappa shape index (κ3) is 2.03. The summed E-state index contributed by atoms with van der Waals surface area (Å²) in [6.07, 6.45) is 3.15. The maximum Gasteiger partial charge on any atom is 0.137 e. The van der Waals surface area contributed by atoms with Gasteiger partial charge in [0.1, 0.15) is 6.29 Å². The van der Waals surface area contributed by atoms with Crippen molar-refractivity contribution in [2.24, 2.45) is 5.73 Å². The van der Waals surface area contributed by atoms with Gasteiger partial charge in [0, 0.05) is 22.1 Å². The van der Waals surface area contributed by atoms with Gasteiger partial charge in [-0.15, -0.1) is 0 Å². The Kier molecular flexibility index (Phi) is 2.75. The molecule has 0 saturated carbocycles. The summed E-state index contributed by atoms with van der Waals surface area (Å²) in [6.45, 7) is 0. The van der Waals surface area contributed by atoms with Crippen LogP contribution < -0.4 is 5.73 Å². The summed E-state index contributed by atoms with van der Waals surface area (Å²) in [6, 6.07) is 5.15. The molecule has 0 spiro atoms.